The van der Waals surface area contributed by atoms with Crippen LogP contribution in [0.25, 0.3) is 12.2 Å². The van der Waals surface area contributed by atoms with E-state index < -0.39 is 14.9 Å². The molecule has 0 unspecified atom stereocenters. The van der Waals surface area contributed by atoms with Gasteiger partial charge in [-0.2, -0.15) is 0 Å². The van der Waals surface area contributed by atoms with Crippen LogP contribution in [-0.2, 0) is 10.0 Å². The molecule has 1 N–H and O–H groups in total. The van der Waals surface area contributed by atoms with Crippen LogP contribution < -0.4 is 9.46 Å². The molecule has 0 aliphatic heterocycles. The lowest BCUT2D eigenvalue weighted by atomic mass is 10.1. The van der Waals surface area contributed by atoms with Gasteiger partial charge in [-0.25, -0.2) is 8.42 Å². The van der Waals surface area contributed by atoms with E-state index in [1.54, 1.807) is 25.1 Å². The molecule has 0 amide bonds. The average Bonchev–Trinajstić information content (AvgIpc) is 3.07. The molecule has 0 bridgehead atoms. The zero-order valence-electron chi connectivity index (χ0n) is 16.7. The fourth-order valence-electron chi connectivity index (χ4n) is 2.84. The Morgan fingerprint density at radius 1 is 1.19 bits per heavy atom. The summed E-state index contributed by atoms with van der Waals surface area (Å²) in [6.07, 6.45) is 2.88. The molecule has 31 heavy (non-hydrogen) atoms. The van der Waals surface area contributed by atoms with Gasteiger partial charge in [0.05, 0.1) is 27.6 Å². The van der Waals surface area contributed by atoms with Gasteiger partial charge >= 0.3 is 5.69 Å². The quantitative estimate of drug-likeness (QED) is 0.392. The Balaban J connectivity index is 1.91. The van der Waals surface area contributed by atoms with E-state index in [1.165, 1.54) is 44.4 Å². The molecule has 0 saturated carbocycles. The molecule has 11 heteroatoms. The van der Waals surface area contributed by atoms with Crippen molar-refractivity contribution in [2.45, 2.75) is 18.7 Å². The van der Waals surface area contributed by atoms with Crippen LogP contribution in [0.4, 0.5) is 11.4 Å². The maximum Gasteiger partial charge on any atom is 0.338 e. The lowest BCUT2D eigenvalue weighted by Gasteiger charge is -2.12. The van der Waals surface area contributed by atoms with E-state index in [0.717, 1.165) is 0 Å². The van der Waals surface area contributed by atoms with Crippen molar-refractivity contribution in [1.29, 1.82) is 0 Å². The average molecular weight is 464 g/mol. The van der Waals surface area contributed by atoms with Gasteiger partial charge in [-0.1, -0.05) is 35.0 Å². The Morgan fingerprint density at radius 2 is 1.94 bits per heavy atom. The van der Waals surface area contributed by atoms with Crippen LogP contribution in [0.1, 0.15) is 22.6 Å². The fraction of sp³-hybridized carbons (Fsp3) is 0.150. The molecule has 0 radical (unpaired) electrons. The molecule has 1 aromatic heterocycles. The highest BCUT2D eigenvalue weighted by Gasteiger charge is 2.22. The van der Waals surface area contributed by atoms with Crippen LogP contribution in [0.2, 0.25) is 5.02 Å². The summed E-state index contributed by atoms with van der Waals surface area (Å²) in [4.78, 5) is 10.6. The Hall–Kier alpha value is -3.37. The van der Waals surface area contributed by atoms with Gasteiger partial charge < -0.3 is 9.26 Å². The number of nitrogens with zero attached hydrogens (tertiary/aromatic N) is 2. The van der Waals surface area contributed by atoms with Gasteiger partial charge in [-0.15, -0.1) is 0 Å². The molecule has 1 heterocycles. The van der Waals surface area contributed by atoms with E-state index in [9.17, 15) is 18.5 Å². The monoisotopic (exact) mass is 463 g/mol. The molecule has 0 fully saturated rings. The van der Waals surface area contributed by atoms with Gasteiger partial charge in [0.25, 0.3) is 10.0 Å². The molecule has 3 rings (SSSR count). The van der Waals surface area contributed by atoms with Crippen molar-refractivity contribution in [1.82, 2.24) is 5.16 Å². The van der Waals surface area contributed by atoms with Crippen LogP contribution in [0.3, 0.4) is 0 Å². The Kier molecular flexibility index (Phi) is 6.32. The first-order valence-electron chi connectivity index (χ1n) is 8.88. The number of hydrogen-bond acceptors (Lipinski definition) is 7. The first-order valence-corrected chi connectivity index (χ1v) is 10.7. The highest BCUT2D eigenvalue weighted by Crippen LogP contribution is 2.29. The summed E-state index contributed by atoms with van der Waals surface area (Å²) >= 11 is 6.07. The van der Waals surface area contributed by atoms with Crippen LogP contribution >= 0.6 is 11.6 Å². The van der Waals surface area contributed by atoms with Gasteiger partial charge in [-0.05, 0) is 55.3 Å². The molecule has 0 aliphatic rings. The maximum absolute atomic E-state index is 12.9. The van der Waals surface area contributed by atoms with Crippen LogP contribution in [-0.4, -0.2) is 25.6 Å². The number of nitro groups is 1. The molecule has 0 saturated heterocycles. The number of aromatic nitrogens is 1. The summed E-state index contributed by atoms with van der Waals surface area (Å²) < 4.78 is 38.4. The highest BCUT2D eigenvalue weighted by atomic mass is 35.5. The largest absolute Gasteiger partial charge is 0.495 e. The van der Waals surface area contributed by atoms with Crippen molar-refractivity contribution in [2.75, 3.05) is 11.8 Å². The third-order valence-electron chi connectivity index (χ3n) is 4.37. The van der Waals surface area contributed by atoms with Crippen molar-refractivity contribution in [3.8, 4) is 5.75 Å². The van der Waals surface area contributed by atoms with Gasteiger partial charge in [0.2, 0.25) is 5.76 Å². The van der Waals surface area contributed by atoms with E-state index in [4.69, 9.17) is 20.9 Å². The minimum atomic E-state index is -3.93. The molecule has 0 aliphatic carbocycles. The molecule has 162 valence electrons. The standard InChI is InChI=1S/C20H18ClN3O6S/c1-12-4-5-14(6-8-18-20(24(25)26)13(2)22-30-18)10-19(12)31(27,28)23-15-7-9-17(29-3)16(21)11-15/h4-11,23H,1-3H3/b8-6+. The number of halogens is 1. The molecule has 0 atom stereocenters. The number of methoxy groups -OCH3 is 1. The second kappa shape index (κ2) is 8.78. The van der Waals surface area contributed by atoms with Crippen molar-refractivity contribution in [3.05, 3.63) is 74.1 Å². The van der Waals surface area contributed by atoms with Crippen molar-refractivity contribution < 1.29 is 22.6 Å². The predicted molar refractivity (Wildman–Crippen MR) is 117 cm³/mol. The lowest BCUT2D eigenvalue weighted by molar-refractivity contribution is -0.386. The van der Waals surface area contributed by atoms with Gasteiger partial charge in [0.1, 0.15) is 5.75 Å². The number of benzene rings is 2. The predicted octanol–water partition coefficient (Wildman–Crippen LogP) is 4.83. The summed E-state index contributed by atoms with van der Waals surface area (Å²) in [5, 5.41) is 15.0. The fourth-order valence-corrected chi connectivity index (χ4v) is 4.42. The SMILES string of the molecule is COc1ccc(NS(=O)(=O)c2cc(/C=C/c3onc(C)c3[N+](=O)[O-])ccc2C)cc1Cl. The van der Waals surface area contributed by atoms with E-state index in [1.807, 2.05) is 0 Å². The number of rotatable bonds is 7. The summed E-state index contributed by atoms with van der Waals surface area (Å²) in [5.74, 6) is 0.392. The number of sulfonamides is 1. The summed E-state index contributed by atoms with van der Waals surface area (Å²) in [5.41, 5.74) is 1.21. The molecular formula is C20H18ClN3O6S. The topological polar surface area (TPSA) is 125 Å². The number of anilines is 1. The summed E-state index contributed by atoms with van der Waals surface area (Å²) in [6.45, 7) is 3.13. The van der Waals surface area contributed by atoms with E-state index in [-0.39, 0.29) is 32.7 Å². The van der Waals surface area contributed by atoms with Crippen LogP contribution in [0.5, 0.6) is 5.75 Å². The van der Waals surface area contributed by atoms with E-state index >= 15 is 0 Å². The first kappa shape index (κ1) is 22.3. The zero-order chi connectivity index (χ0) is 22.8. The molecular weight excluding hydrogens is 446 g/mol. The Bertz CT molecular complexity index is 1280. The number of aryl methyl sites for hydroxylation is 2. The first-order chi connectivity index (χ1) is 14.6. The Morgan fingerprint density at radius 3 is 2.58 bits per heavy atom. The van der Waals surface area contributed by atoms with E-state index in [2.05, 4.69) is 9.88 Å². The zero-order valence-corrected chi connectivity index (χ0v) is 18.3. The van der Waals surface area contributed by atoms with Crippen LogP contribution in [0, 0.1) is 24.0 Å². The normalized spacial score (nSPS) is 11.6. The van der Waals surface area contributed by atoms with Crippen LogP contribution in [0.15, 0.2) is 45.8 Å². The van der Waals surface area contributed by atoms with Gasteiger partial charge in [-0.3, -0.25) is 14.8 Å². The second-order valence-electron chi connectivity index (χ2n) is 6.55. The summed E-state index contributed by atoms with van der Waals surface area (Å²) in [6, 6.07) is 9.31. The van der Waals surface area contributed by atoms with Crippen molar-refractivity contribution in [2.24, 2.45) is 0 Å². The summed E-state index contributed by atoms with van der Waals surface area (Å²) in [7, 11) is -2.47. The molecule has 9 nitrogen and oxygen atoms in total. The van der Waals surface area contributed by atoms with Gasteiger partial charge in [0.15, 0.2) is 5.69 Å². The van der Waals surface area contributed by atoms with E-state index in [0.29, 0.717) is 16.9 Å². The van der Waals surface area contributed by atoms with Crippen molar-refractivity contribution in [3.63, 3.8) is 0 Å². The number of ether oxygens (including phenoxy) is 1. The highest BCUT2D eigenvalue weighted by molar-refractivity contribution is 7.92. The lowest BCUT2D eigenvalue weighted by Crippen LogP contribution is -2.14. The smallest absolute Gasteiger partial charge is 0.338 e. The second-order valence-corrected chi connectivity index (χ2v) is 8.61. The minimum Gasteiger partial charge on any atom is -0.495 e. The Labute approximate surface area is 183 Å². The molecule has 0 spiro atoms. The third-order valence-corrected chi connectivity index (χ3v) is 6.19. The number of nitrogens with one attached hydrogen (secondary N) is 1. The molecule has 3 aromatic rings. The maximum atomic E-state index is 12.9. The third kappa shape index (κ3) is 4.86. The van der Waals surface area contributed by atoms with Gasteiger partial charge in [0, 0.05) is 0 Å². The van der Waals surface area contributed by atoms with Crippen molar-refractivity contribution >= 4 is 45.2 Å². The molecule has 2 aromatic carbocycles. The number of hydrogen-bond donors (Lipinski definition) is 1. The minimum absolute atomic E-state index is 0.0292.